The summed E-state index contributed by atoms with van der Waals surface area (Å²) in [6.07, 6.45) is 6.07. The lowest BCUT2D eigenvalue weighted by molar-refractivity contribution is -0.139. The number of carbonyl (C=O) groups is 2. The number of nitrogens with zero attached hydrogens (tertiary/aromatic N) is 3. The van der Waals surface area contributed by atoms with E-state index < -0.39 is 0 Å². The number of anilines is 1. The SMILES string of the molecule is CC(C)C(=O)N1CCC[C@@H]1C(=O)N1CCc2cnccc21. The Bertz CT molecular complexity index is 570. The molecule has 1 aromatic rings. The summed E-state index contributed by atoms with van der Waals surface area (Å²) in [5.74, 6) is 0.0833. The van der Waals surface area contributed by atoms with Gasteiger partial charge in [0.2, 0.25) is 11.8 Å². The first-order valence-corrected chi connectivity index (χ1v) is 7.64. The second kappa shape index (κ2) is 5.47. The van der Waals surface area contributed by atoms with Crippen molar-refractivity contribution in [2.45, 2.75) is 39.2 Å². The molecule has 0 spiro atoms. The van der Waals surface area contributed by atoms with E-state index >= 15 is 0 Å². The molecule has 0 bridgehead atoms. The molecule has 0 radical (unpaired) electrons. The molecule has 0 unspecified atom stereocenters. The van der Waals surface area contributed by atoms with Crippen LogP contribution in [0.3, 0.4) is 0 Å². The first kappa shape index (κ1) is 14.0. The molecule has 0 N–H and O–H groups in total. The molecule has 2 amide bonds. The van der Waals surface area contributed by atoms with Crippen molar-refractivity contribution in [3.8, 4) is 0 Å². The number of aromatic nitrogens is 1. The van der Waals surface area contributed by atoms with Gasteiger partial charge in [-0.2, -0.15) is 0 Å². The lowest BCUT2D eigenvalue weighted by atomic mass is 10.1. The molecule has 0 aliphatic carbocycles. The third-order valence-electron chi connectivity index (χ3n) is 4.35. The number of carbonyl (C=O) groups excluding carboxylic acids is 2. The third kappa shape index (κ3) is 2.41. The van der Waals surface area contributed by atoms with Crippen LogP contribution >= 0.6 is 0 Å². The molecule has 0 saturated carbocycles. The number of fused-ring (bicyclic) bond motifs is 1. The van der Waals surface area contributed by atoms with Gasteiger partial charge < -0.3 is 9.80 Å². The predicted octanol–water partition coefficient (Wildman–Crippen LogP) is 1.62. The van der Waals surface area contributed by atoms with E-state index in [1.165, 1.54) is 0 Å². The second-order valence-corrected chi connectivity index (χ2v) is 6.09. The molecule has 3 rings (SSSR count). The molecule has 0 aromatic carbocycles. The van der Waals surface area contributed by atoms with Crippen LogP contribution in [0.1, 0.15) is 32.3 Å². The zero-order valence-electron chi connectivity index (χ0n) is 12.6. The minimum atomic E-state index is -0.293. The molecule has 1 saturated heterocycles. The van der Waals surface area contributed by atoms with E-state index in [0.29, 0.717) is 13.1 Å². The Kier molecular flexibility index (Phi) is 3.66. The summed E-state index contributed by atoms with van der Waals surface area (Å²) in [6, 6.07) is 1.60. The molecule has 5 nitrogen and oxygen atoms in total. The third-order valence-corrected chi connectivity index (χ3v) is 4.35. The quantitative estimate of drug-likeness (QED) is 0.830. The van der Waals surface area contributed by atoms with E-state index in [-0.39, 0.29) is 23.8 Å². The van der Waals surface area contributed by atoms with Gasteiger partial charge in [-0.25, -0.2) is 0 Å². The summed E-state index contributed by atoms with van der Waals surface area (Å²) in [6.45, 7) is 5.17. The Morgan fingerprint density at radius 3 is 2.90 bits per heavy atom. The highest BCUT2D eigenvalue weighted by Gasteiger charge is 2.39. The normalized spacial score (nSPS) is 21.0. The fourth-order valence-corrected chi connectivity index (χ4v) is 3.26. The Morgan fingerprint density at radius 2 is 2.14 bits per heavy atom. The average molecular weight is 287 g/mol. The fraction of sp³-hybridized carbons (Fsp3) is 0.562. The Balaban J connectivity index is 1.81. The van der Waals surface area contributed by atoms with Gasteiger partial charge in [0.15, 0.2) is 0 Å². The standard InChI is InChI=1S/C16H21N3O2/c1-11(2)15(20)18-8-3-4-14(18)16(21)19-9-6-12-10-17-7-5-13(12)19/h5,7,10-11,14H,3-4,6,8-9H2,1-2H3/t14-/m1/s1. The zero-order chi connectivity index (χ0) is 15.0. The maximum absolute atomic E-state index is 12.9. The van der Waals surface area contributed by atoms with Crippen molar-refractivity contribution in [2.24, 2.45) is 5.92 Å². The van der Waals surface area contributed by atoms with Gasteiger partial charge >= 0.3 is 0 Å². The molecule has 1 aromatic heterocycles. The lowest BCUT2D eigenvalue weighted by Gasteiger charge is -2.29. The van der Waals surface area contributed by atoms with Crippen LogP contribution in [-0.4, -0.2) is 40.8 Å². The van der Waals surface area contributed by atoms with E-state index in [0.717, 1.165) is 30.5 Å². The van der Waals surface area contributed by atoms with E-state index in [9.17, 15) is 9.59 Å². The number of hydrogen-bond acceptors (Lipinski definition) is 3. The van der Waals surface area contributed by atoms with Crippen LogP contribution in [0.4, 0.5) is 5.69 Å². The van der Waals surface area contributed by atoms with Gasteiger partial charge in [-0.05, 0) is 30.9 Å². The summed E-state index contributed by atoms with van der Waals surface area (Å²) in [5.41, 5.74) is 2.07. The van der Waals surface area contributed by atoms with Crippen molar-refractivity contribution < 1.29 is 9.59 Å². The van der Waals surface area contributed by atoms with Gasteiger partial charge in [-0.15, -0.1) is 0 Å². The molecule has 112 valence electrons. The van der Waals surface area contributed by atoms with Crippen LogP contribution in [-0.2, 0) is 16.0 Å². The van der Waals surface area contributed by atoms with Crippen molar-refractivity contribution in [1.29, 1.82) is 0 Å². The van der Waals surface area contributed by atoms with Crippen molar-refractivity contribution in [1.82, 2.24) is 9.88 Å². The van der Waals surface area contributed by atoms with E-state index in [1.54, 1.807) is 11.1 Å². The summed E-state index contributed by atoms with van der Waals surface area (Å²) < 4.78 is 0. The molecule has 2 aliphatic rings. The topological polar surface area (TPSA) is 53.5 Å². The number of pyridine rings is 1. The maximum atomic E-state index is 12.9. The lowest BCUT2D eigenvalue weighted by Crippen LogP contribution is -2.48. The number of hydrogen-bond donors (Lipinski definition) is 0. The molecule has 3 heterocycles. The minimum absolute atomic E-state index is 0.0615. The van der Waals surface area contributed by atoms with Crippen LogP contribution in [0.15, 0.2) is 18.5 Å². The molecule has 5 heteroatoms. The van der Waals surface area contributed by atoms with Gasteiger partial charge in [0.25, 0.3) is 0 Å². The van der Waals surface area contributed by atoms with Crippen LogP contribution in [0, 0.1) is 5.92 Å². The van der Waals surface area contributed by atoms with Gasteiger partial charge in [0.05, 0.1) is 5.69 Å². The largest absolute Gasteiger partial charge is 0.330 e. The monoisotopic (exact) mass is 287 g/mol. The molecule has 1 fully saturated rings. The summed E-state index contributed by atoms with van der Waals surface area (Å²) in [5, 5.41) is 0. The van der Waals surface area contributed by atoms with Crippen LogP contribution in [0.25, 0.3) is 0 Å². The Hall–Kier alpha value is -1.91. The van der Waals surface area contributed by atoms with E-state index in [4.69, 9.17) is 0 Å². The highest BCUT2D eigenvalue weighted by Crippen LogP contribution is 2.30. The number of likely N-dealkylation sites (tertiary alicyclic amines) is 1. The smallest absolute Gasteiger partial charge is 0.249 e. The number of rotatable bonds is 2. The highest BCUT2D eigenvalue weighted by molar-refractivity contribution is 6.01. The fourth-order valence-electron chi connectivity index (χ4n) is 3.26. The van der Waals surface area contributed by atoms with Crippen molar-refractivity contribution >= 4 is 17.5 Å². The first-order valence-electron chi connectivity index (χ1n) is 7.64. The summed E-state index contributed by atoms with van der Waals surface area (Å²) in [4.78, 5) is 32.8. The Morgan fingerprint density at radius 1 is 1.33 bits per heavy atom. The maximum Gasteiger partial charge on any atom is 0.249 e. The summed E-state index contributed by atoms with van der Waals surface area (Å²) >= 11 is 0. The van der Waals surface area contributed by atoms with Crippen LogP contribution < -0.4 is 4.90 Å². The second-order valence-electron chi connectivity index (χ2n) is 6.09. The molecule has 1 atom stereocenters. The van der Waals surface area contributed by atoms with Gasteiger partial charge in [0.1, 0.15) is 6.04 Å². The van der Waals surface area contributed by atoms with Crippen molar-refractivity contribution in [3.05, 3.63) is 24.0 Å². The Labute approximate surface area is 124 Å². The van der Waals surface area contributed by atoms with Gasteiger partial charge in [-0.1, -0.05) is 13.8 Å². The van der Waals surface area contributed by atoms with Crippen LogP contribution in [0.5, 0.6) is 0 Å². The molecule has 21 heavy (non-hydrogen) atoms. The number of amides is 2. The highest BCUT2D eigenvalue weighted by atomic mass is 16.2. The van der Waals surface area contributed by atoms with Crippen molar-refractivity contribution in [3.63, 3.8) is 0 Å². The van der Waals surface area contributed by atoms with Gasteiger partial charge in [0, 0.05) is 31.4 Å². The molecular formula is C16H21N3O2. The molecular weight excluding hydrogens is 266 g/mol. The first-order chi connectivity index (χ1) is 10.1. The minimum Gasteiger partial charge on any atom is -0.330 e. The molecule has 2 aliphatic heterocycles. The van der Waals surface area contributed by atoms with E-state index in [1.807, 2.05) is 31.0 Å². The summed E-state index contributed by atoms with van der Waals surface area (Å²) in [7, 11) is 0. The van der Waals surface area contributed by atoms with Crippen LogP contribution in [0.2, 0.25) is 0 Å². The zero-order valence-corrected chi connectivity index (χ0v) is 12.6. The predicted molar refractivity (Wildman–Crippen MR) is 79.9 cm³/mol. The van der Waals surface area contributed by atoms with E-state index in [2.05, 4.69) is 4.98 Å². The average Bonchev–Trinajstić information content (AvgIpc) is 3.12. The van der Waals surface area contributed by atoms with Crippen molar-refractivity contribution in [2.75, 3.05) is 18.0 Å². The van der Waals surface area contributed by atoms with Gasteiger partial charge in [-0.3, -0.25) is 14.6 Å².